The molecule has 0 saturated heterocycles. The van der Waals surface area contributed by atoms with Crippen molar-refractivity contribution >= 4 is 11.3 Å². The second kappa shape index (κ2) is 5.97. The van der Waals surface area contributed by atoms with Gasteiger partial charge in [0.25, 0.3) is 0 Å². The third kappa shape index (κ3) is 2.63. The number of hydrogen-bond donors (Lipinski definition) is 0. The fourth-order valence-corrected chi connectivity index (χ4v) is 2.85. The summed E-state index contributed by atoms with van der Waals surface area (Å²) in [7, 11) is 0. The quantitative estimate of drug-likeness (QED) is 0.696. The summed E-state index contributed by atoms with van der Waals surface area (Å²) in [6, 6.07) is 12.6. The van der Waals surface area contributed by atoms with Crippen molar-refractivity contribution in [3.8, 4) is 21.6 Å². The lowest BCUT2D eigenvalue weighted by molar-refractivity contribution is 0.882. The number of rotatable bonds is 4. The van der Waals surface area contributed by atoms with E-state index in [1.807, 2.05) is 17.8 Å². The Labute approximate surface area is 123 Å². The minimum atomic E-state index is 0.985. The minimum Gasteiger partial charge on any atom is -0.252 e. The second-order valence-corrected chi connectivity index (χ2v) is 5.52. The molecule has 0 unspecified atom stereocenters. The zero-order chi connectivity index (χ0) is 13.8. The van der Waals surface area contributed by atoms with Gasteiger partial charge in [-0.3, -0.25) is 9.97 Å². The number of nitrogens with zero attached hydrogens (tertiary/aromatic N) is 2. The van der Waals surface area contributed by atoms with Crippen LogP contribution in [0.15, 0.2) is 48.1 Å². The van der Waals surface area contributed by atoms with Crippen molar-refractivity contribution in [2.45, 2.75) is 19.8 Å². The Morgan fingerprint density at radius 2 is 2.05 bits per heavy atom. The van der Waals surface area contributed by atoms with Crippen LogP contribution < -0.4 is 0 Å². The summed E-state index contributed by atoms with van der Waals surface area (Å²) >= 11 is 1.62. The van der Waals surface area contributed by atoms with Crippen LogP contribution in [0.4, 0.5) is 0 Å². The predicted octanol–water partition coefficient (Wildman–Crippen LogP) is 4.62. The smallest absolute Gasteiger partial charge is 0.0989 e. The maximum atomic E-state index is 4.46. The Morgan fingerprint density at radius 3 is 2.75 bits per heavy atom. The highest BCUT2D eigenvalue weighted by molar-refractivity contribution is 7.13. The van der Waals surface area contributed by atoms with E-state index in [0.29, 0.717) is 0 Å². The van der Waals surface area contributed by atoms with Crippen molar-refractivity contribution in [1.29, 1.82) is 0 Å². The van der Waals surface area contributed by atoms with Crippen LogP contribution in [0.5, 0.6) is 0 Å². The van der Waals surface area contributed by atoms with Crippen molar-refractivity contribution in [2.75, 3.05) is 0 Å². The summed E-state index contributed by atoms with van der Waals surface area (Å²) in [5.74, 6) is 0. The lowest BCUT2D eigenvalue weighted by Gasteiger charge is -2.09. The summed E-state index contributed by atoms with van der Waals surface area (Å²) in [6.07, 6.45) is 7.17. The molecule has 3 rings (SSSR count). The molecule has 0 bridgehead atoms. The van der Waals surface area contributed by atoms with Crippen LogP contribution in [-0.4, -0.2) is 9.97 Å². The van der Waals surface area contributed by atoms with Crippen molar-refractivity contribution in [3.05, 3.63) is 60.0 Å². The van der Waals surface area contributed by atoms with Gasteiger partial charge in [-0.05, 0) is 23.6 Å². The number of pyridine rings is 1. The van der Waals surface area contributed by atoms with Gasteiger partial charge in [0.05, 0.1) is 16.6 Å². The van der Waals surface area contributed by atoms with Gasteiger partial charge in [0.15, 0.2) is 0 Å². The van der Waals surface area contributed by atoms with Gasteiger partial charge in [0.1, 0.15) is 0 Å². The zero-order valence-electron chi connectivity index (χ0n) is 11.3. The van der Waals surface area contributed by atoms with Gasteiger partial charge >= 0.3 is 0 Å². The molecule has 0 amide bonds. The van der Waals surface area contributed by atoms with Crippen molar-refractivity contribution in [3.63, 3.8) is 0 Å². The monoisotopic (exact) mass is 279 g/mol. The van der Waals surface area contributed by atoms with E-state index >= 15 is 0 Å². The van der Waals surface area contributed by atoms with Gasteiger partial charge < -0.3 is 0 Å². The molecule has 0 aliphatic rings. The van der Waals surface area contributed by atoms with Crippen molar-refractivity contribution in [2.24, 2.45) is 0 Å². The molecular weight excluding hydrogens is 264 g/mol. The maximum Gasteiger partial charge on any atom is 0.0989 e. The number of aromatic nitrogens is 2. The molecule has 0 aliphatic carbocycles. The largest absolute Gasteiger partial charge is 0.252 e. The van der Waals surface area contributed by atoms with Crippen LogP contribution in [0.25, 0.3) is 21.6 Å². The molecule has 3 heteroatoms. The number of hydrogen-bond acceptors (Lipinski definition) is 3. The molecule has 0 N–H and O–H groups in total. The summed E-state index contributed by atoms with van der Waals surface area (Å²) < 4.78 is 0. The van der Waals surface area contributed by atoms with E-state index in [1.54, 1.807) is 11.3 Å². The molecule has 0 saturated carbocycles. The van der Waals surface area contributed by atoms with Gasteiger partial charge in [0, 0.05) is 17.5 Å². The molecule has 0 atom stereocenters. The summed E-state index contributed by atoms with van der Waals surface area (Å²) in [6.45, 7) is 2.17. The Kier molecular flexibility index (Phi) is 3.88. The zero-order valence-corrected chi connectivity index (χ0v) is 12.2. The van der Waals surface area contributed by atoms with E-state index in [4.69, 9.17) is 0 Å². The fraction of sp³-hybridized carbons (Fsp3) is 0.176. The molecule has 20 heavy (non-hydrogen) atoms. The molecule has 0 fully saturated rings. The van der Waals surface area contributed by atoms with Crippen LogP contribution in [0.1, 0.15) is 19.0 Å². The minimum absolute atomic E-state index is 0.985. The van der Waals surface area contributed by atoms with E-state index in [0.717, 1.165) is 29.0 Å². The first kappa shape index (κ1) is 13.0. The average molecular weight is 279 g/mol. The molecule has 2 aromatic heterocycles. The normalized spacial score (nSPS) is 10.7. The van der Waals surface area contributed by atoms with E-state index < -0.39 is 0 Å². The number of thiazole rings is 1. The molecule has 1 radical (unpaired) electrons. The average Bonchev–Trinajstić information content (AvgIpc) is 3.03. The molecule has 1 aromatic carbocycles. The van der Waals surface area contributed by atoms with Crippen molar-refractivity contribution in [1.82, 2.24) is 9.97 Å². The lowest BCUT2D eigenvalue weighted by Crippen LogP contribution is -1.93. The summed E-state index contributed by atoms with van der Waals surface area (Å²) in [5, 5.41) is 0. The van der Waals surface area contributed by atoms with Crippen LogP contribution >= 0.6 is 11.3 Å². The number of aryl methyl sites for hydroxylation is 1. The molecule has 0 spiro atoms. The van der Waals surface area contributed by atoms with Crippen LogP contribution in [0, 0.1) is 6.20 Å². The SMILES string of the molecule is CCCc1cc(-c2ccccc2)c(-c2cncs2)[c]n1. The highest BCUT2D eigenvalue weighted by Crippen LogP contribution is 2.33. The van der Waals surface area contributed by atoms with E-state index in [2.05, 4.69) is 53.4 Å². The Morgan fingerprint density at radius 1 is 1.20 bits per heavy atom. The third-order valence-electron chi connectivity index (χ3n) is 3.16. The molecule has 3 aromatic rings. The van der Waals surface area contributed by atoms with E-state index in [1.165, 1.54) is 11.1 Å². The van der Waals surface area contributed by atoms with E-state index in [-0.39, 0.29) is 0 Å². The van der Waals surface area contributed by atoms with Gasteiger partial charge in [0.2, 0.25) is 0 Å². The third-order valence-corrected chi connectivity index (χ3v) is 3.95. The number of benzene rings is 1. The van der Waals surface area contributed by atoms with Gasteiger partial charge in [-0.1, -0.05) is 43.7 Å². The van der Waals surface area contributed by atoms with Gasteiger partial charge in [-0.2, -0.15) is 0 Å². The van der Waals surface area contributed by atoms with Crippen LogP contribution in [0.3, 0.4) is 0 Å². The standard InChI is InChI=1S/C17H15N2S/c1-2-6-14-9-15(13-7-4-3-5-8-13)16(10-19-14)17-11-18-12-20-17/h3-5,7-9,11-12H,2,6H2,1H3. The highest BCUT2D eigenvalue weighted by Gasteiger charge is 2.11. The van der Waals surface area contributed by atoms with Gasteiger partial charge in [-0.15, -0.1) is 11.3 Å². The van der Waals surface area contributed by atoms with Crippen LogP contribution in [0.2, 0.25) is 0 Å². The molecule has 2 nitrogen and oxygen atoms in total. The first-order valence-corrected chi connectivity index (χ1v) is 7.62. The summed E-state index contributed by atoms with van der Waals surface area (Å²) in [4.78, 5) is 9.74. The van der Waals surface area contributed by atoms with Crippen molar-refractivity contribution < 1.29 is 0 Å². The Balaban J connectivity index is 2.15. The molecule has 0 aliphatic heterocycles. The first-order valence-electron chi connectivity index (χ1n) is 6.74. The topological polar surface area (TPSA) is 25.8 Å². The second-order valence-electron chi connectivity index (χ2n) is 4.63. The Bertz CT molecular complexity index is 675. The first-order chi connectivity index (χ1) is 9.88. The predicted molar refractivity (Wildman–Crippen MR) is 83.6 cm³/mol. The molecule has 2 heterocycles. The maximum absolute atomic E-state index is 4.46. The fourth-order valence-electron chi connectivity index (χ4n) is 2.22. The Hall–Kier alpha value is -2.00. The lowest BCUT2D eigenvalue weighted by atomic mass is 9.99. The van der Waals surface area contributed by atoms with Crippen LogP contribution in [-0.2, 0) is 6.42 Å². The molecular formula is C17H15N2S. The highest BCUT2D eigenvalue weighted by atomic mass is 32.1. The summed E-state index contributed by atoms with van der Waals surface area (Å²) in [5.41, 5.74) is 6.37. The molecule has 99 valence electrons. The van der Waals surface area contributed by atoms with E-state index in [9.17, 15) is 0 Å². The van der Waals surface area contributed by atoms with Gasteiger partial charge in [-0.25, -0.2) is 0 Å².